The number of hydrogen-bond acceptors (Lipinski definition) is 2. The number of likely N-dealkylation sites (tertiary alicyclic amines) is 1. The van der Waals surface area contributed by atoms with Crippen LogP contribution in [-0.2, 0) is 6.54 Å². The quantitative estimate of drug-likeness (QED) is 0.903. The second kappa shape index (κ2) is 6.44. The van der Waals surface area contributed by atoms with Crippen LogP contribution >= 0.6 is 0 Å². The van der Waals surface area contributed by atoms with Gasteiger partial charge >= 0.3 is 0 Å². The van der Waals surface area contributed by atoms with Crippen molar-refractivity contribution in [3.8, 4) is 0 Å². The summed E-state index contributed by atoms with van der Waals surface area (Å²) in [6.45, 7) is 6.59. The number of hydrogen-bond donors (Lipinski definition) is 1. The molecule has 0 radical (unpaired) electrons. The molecular formula is C15H22F2N2. The Morgan fingerprint density at radius 2 is 2.16 bits per heavy atom. The van der Waals surface area contributed by atoms with Gasteiger partial charge in [0.15, 0.2) is 0 Å². The fraction of sp³-hybridized carbons (Fsp3) is 0.600. The maximum absolute atomic E-state index is 13.6. The number of rotatable bonds is 4. The van der Waals surface area contributed by atoms with E-state index in [1.807, 2.05) is 0 Å². The van der Waals surface area contributed by atoms with E-state index < -0.39 is 0 Å². The molecule has 2 rings (SSSR count). The van der Waals surface area contributed by atoms with E-state index in [1.54, 1.807) is 0 Å². The third-order valence-electron chi connectivity index (χ3n) is 3.48. The Labute approximate surface area is 113 Å². The fourth-order valence-corrected chi connectivity index (χ4v) is 2.71. The lowest BCUT2D eigenvalue weighted by Crippen LogP contribution is -2.47. The van der Waals surface area contributed by atoms with E-state index in [9.17, 15) is 8.78 Å². The molecule has 19 heavy (non-hydrogen) atoms. The Hall–Kier alpha value is -1.00. The number of halogens is 2. The Morgan fingerprint density at radius 1 is 1.37 bits per heavy atom. The first-order valence-corrected chi connectivity index (χ1v) is 6.97. The Balaban J connectivity index is 1.96. The van der Waals surface area contributed by atoms with E-state index in [0.717, 1.165) is 32.0 Å². The van der Waals surface area contributed by atoms with Gasteiger partial charge in [-0.05, 0) is 37.6 Å². The van der Waals surface area contributed by atoms with Crippen molar-refractivity contribution in [1.82, 2.24) is 10.2 Å². The summed E-state index contributed by atoms with van der Waals surface area (Å²) in [6.07, 6.45) is 2.25. The Kier molecular flexibility index (Phi) is 4.88. The van der Waals surface area contributed by atoms with Gasteiger partial charge in [0, 0.05) is 30.7 Å². The van der Waals surface area contributed by atoms with Gasteiger partial charge in [0.1, 0.15) is 11.6 Å². The summed E-state index contributed by atoms with van der Waals surface area (Å²) >= 11 is 0. The van der Waals surface area contributed by atoms with Crippen molar-refractivity contribution < 1.29 is 8.78 Å². The zero-order valence-corrected chi connectivity index (χ0v) is 11.6. The van der Waals surface area contributed by atoms with Crippen LogP contribution in [0.15, 0.2) is 18.2 Å². The van der Waals surface area contributed by atoms with Gasteiger partial charge in [-0.2, -0.15) is 0 Å². The van der Waals surface area contributed by atoms with E-state index in [4.69, 9.17) is 0 Å². The molecule has 0 aromatic heterocycles. The number of benzene rings is 1. The van der Waals surface area contributed by atoms with Crippen molar-refractivity contribution in [1.29, 1.82) is 0 Å². The monoisotopic (exact) mass is 268 g/mol. The lowest BCUT2D eigenvalue weighted by Gasteiger charge is -2.34. The Bertz CT molecular complexity index is 421. The SMILES string of the molecule is CC(C)NC1CCCN(Cc2cc(F)ccc2F)C1. The topological polar surface area (TPSA) is 15.3 Å². The van der Waals surface area contributed by atoms with Crippen molar-refractivity contribution in [3.63, 3.8) is 0 Å². The minimum absolute atomic E-state index is 0.319. The van der Waals surface area contributed by atoms with Crippen molar-refractivity contribution in [2.24, 2.45) is 0 Å². The zero-order chi connectivity index (χ0) is 13.8. The summed E-state index contributed by atoms with van der Waals surface area (Å²) in [4.78, 5) is 2.20. The highest BCUT2D eigenvalue weighted by Crippen LogP contribution is 2.17. The summed E-state index contributed by atoms with van der Waals surface area (Å²) in [5.74, 6) is -0.689. The second-order valence-corrected chi connectivity index (χ2v) is 5.63. The molecule has 1 fully saturated rings. The molecule has 106 valence electrons. The van der Waals surface area contributed by atoms with E-state index in [2.05, 4.69) is 24.1 Å². The minimum atomic E-state index is -0.370. The first-order valence-electron chi connectivity index (χ1n) is 6.97. The number of nitrogens with zero attached hydrogens (tertiary/aromatic N) is 1. The normalized spacial score (nSPS) is 21.0. The van der Waals surface area contributed by atoms with Gasteiger partial charge in [-0.3, -0.25) is 4.90 Å². The average molecular weight is 268 g/mol. The van der Waals surface area contributed by atoms with E-state index in [0.29, 0.717) is 24.2 Å². The van der Waals surface area contributed by atoms with Crippen molar-refractivity contribution in [3.05, 3.63) is 35.4 Å². The van der Waals surface area contributed by atoms with Crippen LogP contribution in [0.3, 0.4) is 0 Å². The number of nitrogens with one attached hydrogen (secondary N) is 1. The molecule has 1 aliphatic rings. The van der Waals surface area contributed by atoms with Crippen molar-refractivity contribution in [2.75, 3.05) is 13.1 Å². The van der Waals surface area contributed by atoms with Crippen LogP contribution in [0.5, 0.6) is 0 Å². The molecule has 1 saturated heterocycles. The molecule has 1 aromatic rings. The van der Waals surface area contributed by atoms with Gasteiger partial charge in [0.2, 0.25) is 0 Å². The Morgan fingerprint density at radius 3 is 2.89 bits per heavy atom. The third-order valence-corrected chi connectivity index (χ3v) is 3.48. The molecule has 0 amide bonds. The van der Waals surface area contributed by atoms with Crippen LogP contribution in [0.2, 0.25) is 0 Å². The zero-order valence-electron chi connectivity index (χ0n) is 11.6. The summed E-state index contributed by atoms with van der Waals surface area (Å²) < 4.78 is 26.8. The molecule has 4 heteroatoms. The summed E-state index contributed by atoms with van der Waals surface area (Å²) in [5.41, 5.74) is 0.449. The van der Waals surface area contributed by atoms with Crippen molar-refractivity contribution >= 4 is 0 Å². The second-order valence-electron chi connectivity index (χ2n) is 5.63. The molecule has 0 spiro atoms. The van der Waals surface area contributed by atoms with Crippen LogP contribution < -0.4 is 5.32 Å². The van der Waals surface area contributed by atoms with Crippen molar-refractivity contribution in [2.45, 2.75) is 45.3 Å². The largest absolute Gasteiger partial charge is 0.311 e. The first kappa shape index (κ1) is 14.4. The predicted molar refractivity (Wildman–Crippen MR) is 72.9 cm³/mol. The van der Waals surface area contributed by atoms with E-state index in [-0.39, 0.29) is 11.6 Å². The molecule has 1 heterocycles. The van der Waals surface area contributed by atoms with Gasteiger partial charge in [-0.15, -0.1) is 0 Å². The molecule has 0 bridgehead atoms. The standard InChI is InChI=1S/C15H22F2N2/c1-11(2)18-14-4-3-7-19(10-14)9-12-8-13(16)5-6-15(12)17/h5-6,8,11,14,18H,3-4,7,9-10H2,1-2H3. The van der Waals surface area contributed by atoms with Gasteiger partial charge in [0.05, 0.1) is 0 Å². The first-order chi connectivity index (χ1) is 9.04. The highest BCUT2D eigenvalue weighted by atomic mass is 19.1. The summed E-state index contributed by atoms with van der Waals surface area (Å²) in [6, 6.07) is 4.58. The summed E-state index contributed by atoms with van der Waals surface area (Å²) in [7, 11) is 0. The van der Waals surface area contributed by atoms with E-state index >= 15 is 0 Å². The van der Waals surface area contributed by atoms with Crippen LogP contribution in [0.4, 0.5) is 8.78 Å². The highest BCUT2D eigenvalue weighted by molar-refractivity contribution is 5.18. The smallest absolute Gasteiger partial charge is 0.127 e. The van der Waals surface area contributed by atoms with Gasteiger partial charge in [0.25, 0.3) is 0 Å². The van der Waals surface area contributed by atoms with E-state index in [1.165, 1.54) is 12.1 Å². The summed E-state index contributed by atoms with van der Waals surface area (Å²) in [5, 5.41) is 3.51. The lowest BCUT2D eigenvalue weighted by molar-refractivity contribution is 0.176. The van der Waals surface area contributed by atoms with Gasteiger partial charge < -0.3 is 5.32 Å². The van der Waals surface area contributed by atoms with Crippen LogP contribution in [0.25, 0.3) is 0 Å². The molecule has 1 atom stereocenters. The third kappa shape index (κ3) is 4.25. The van der Waals surface area contributed by atoms with Crippen LogP contribution in [0, 0.1) is 11.6 Å². The molecule has 1 N–H and O–H groups in total. The molecule has 1 aromatic carbocycles. The lowest BCUT2D eigenvalue weighted by atomic mass is 10.0. The van der Waals surface area contributed by atoms with Gasteiger partial charge in [-0.1, -0.05) is 13.8 Å². The fourth-order valence-electron chi connectivity index (χ4n) is 2.71. The predicted octanol–water partition coefficient (Wildman–Crippen LogP) is 2.93. The minimum Gasteiger partial charge on any atom is -0.311 e. The van der Waals surface area contributed by atoms with Crippen LogP contribution in [0.1, 0.15) is 32.3 Å². The molecule has 1 unspecified atom stereocenters. The molecule has 2 nitrogen and oxygen atoms in total. The molecule has 0 aliphatic carbocycles. The molecular weight excluding hydrogens is 246 g/mol. The van der Waals surface area contributed by atoms with Crippen LogP contribution in [-0.4, -0.2) is 30.1 Å². The molecule has 0 saturated carbocycles. The maximum atomic E-state index is 13.6. The maximum Gasteiger partial charge on any atom is 0.127 e. The van der Waals surface area contributed by atoms with Gasteiger partial charge in [-0.25, -0.2) is 8.78 Å². The average Bonchev–Trinajstić information content (AvgIpc) is 2.33. The molecule has 1 aliphatic heterocycles. The number of piperidine rings is 1. The highest BCUT2D eigenvalue weighted by Gasteiger charge is 2.21.